The molecule has 3 aromatic rings. The van der Waals surface area contributed by atoms with Gasteiger partial charge in [-0.25, -0.2) is 4.79 Å². The third-order valence-electron chi connectivity index (χ3n) is 5.10. The predicted octanol–water partition coefficient (Wildman–Crippen LogP) is 4.66. The number of nitrogens with zero attached hydrogens (tertiary/aromatic N) is 1. The molecule has 172 valence electrons. The van der Waals surface area contributed by atoms with Crippen molar-refractivity contribution in [3.8, 4) is 0 Å². The lowest BCUT2D eigenvalue weighted by Gasteiger charge is -2.20. The summed E-state index contributed by atoms with van der Waals surface area (Å²) in [4.78, 5) is 52.6. The van der Waals surface area contributed by atoms with E-state index in [1.807, 2.05) is 24.3 Å². The summed E-state index contributed by atoms with van der Waals surface area (Å²) in [6.45, 7) is 0.826. The van der Waals surface area contributed by atoms with E-state index < -0.39 is 36.3 Å². The molecule has 0 fully saturated rings. The van der Waals surface area contributed by atoms with Gasteiger partial charge in [0.15, 0.2) is 6.61 Å². The number of para-hydroxylation sites is 1. The van der Waals surface area contributed by atoms with E-state index in [1.54, 1.807) is 36.4 Å². The normalized spacial score (nSPS) is 13.4. The Balaban J connectivity index is 1.36. The van der Waals surface area contributed by atoms with Crippen LogP contribution in [0.4, 0.5) is 5.69 Å². The van der Waals surface area contributed by atoms with Crippen LogP contribution in [0, 0.1) is 0 Å². The summed E-state index contributed by atoms with van der Waals surface area (Å²) in [5.41, 5.74) is 1.02. The SMILES string of the molecule is C[C@H](C(=O)OCC(=O)Nc1ccccc1Sc1ccc(Cl)cc1)N1C(=O)c2ccccc2C1=O. The molecule has 0 saturated heterocycles. The molecule has 0 radical (unpaired) electrons. The molecular formula is C25H19ClN2O5S. The number of carbonyl (C=O) groups is 4. The number of ether oxygens (including phenoxy) is 1. The van der Waals surface area contributed by atoms with Gasteiger partial charge in [-0.3, -0.25) is 19.3 Å². The summed E-state index contributed by atoms with van der Waals surface area (Å²) in [6.07, 6.45) is 0. The Morgan fingerprint density at radius 2 is 1.53 bits per heavy atom. The highest BCUT2D eigenvalue weighted by Gasteiger charge is 2.41. The van der Waals surface area contributed by atoms with Crippen molar-refractivity contribution in [1.29, 1.82) is 0 Å². The van der Waals surface area contributed by atoms with Crippen molar-refractivity contribution in [2.45, 2.75) is 22.8 Å². The number of anilines is 1. The summed E-state index contributed by atoms with van der Waals surface area (Å²) in [5, 5.41) is 3.36. The standard InChI is InChI=1S/C25H19ClN2O5S/c1-15(28-23(30)18-6-2-3-7-19(18)24(28)31)25(32)33-14-22(29)27-20-8-4-5-9-21(20)34-17-12-10-16(26)11-13-17/h2-13,15H,14H2,1H3,(H,27,29)/t15-/m1/s1. The average Bonchev–Trinajstić information content (AvgIpc) is 3.10. The van der Waals surface area contributed by atoms with Gasteiger partial charge in [-0.1, -0.05) is 47.6 Å². The van der Waals surface area contributed by atoms with Gasteiger partial charge < -0.3 is 10.1 Å². The number of esters is 1. The third-order valence-corrected chi connectivity index (χ3v) is 6.44. The number of fused-ring (bicyclic) bond motifs is 1. The zero-order chi connectivity index (χ0) is 24.2. The van der Waals surface area contributed by atoms with Gasteiger partial charge in [0.2, 0.25) is 0 Å². The van der Waals surface area contributed by atoms with Crippen LogP contribution < -0.4 is 5.32 Å². The fraction of sp³-hybridized carbons (Fsp3) is 0.120. The van der Waals surface area contributed by atoms with E-state index in [4.69, 9.17) is 16.3 Å². The number of imide groups is 1. The topological polar surface area (TPSA) is 92.8 Å². The van der Waals surface area contributed by atoms with Crippen LogP contribution in [0.3, 0.4) is 0 Å². The third kappa shape index (κ3) is 4.98. The van der Waals surface area contributed by atoms with E-state index in [9.17, 15) is 19.2 Å². The second-order valence-corrected chi connectivity index (χ2v) is 8.96. The zero-order valence-electron chi connectivity index (χ0n) is 18.0. The molecule has 0 aliphatic carbocycles. The second-order valence-electron chi connectivity index (χ2n) is 7.41. The Hall–Kier alpha value is -3.62. The van der Waals surface area contributed by atoms with Crippen LogP contribution in [0.1, 0.15) is 27.6 Å². The summed E-state index contributed by atoms with van der Waals surface area (Å²) in [5.74, 6) is -2.54. The van der Waals surface area contributed by atoms with E-state index in [1.165, 1.54) is 30.8 Å². The smallest absolute Gasteiger partial charge is 0.329 e. The Morgan fingerprint density at radius 1 is 0.941 bits per heavy atom. The molecule has 3 amide bonds. The molecule has 1 aliphatic heterocycles. The molecule has 1 aliphatic rings. The maximum atomic E-state index is 12.5. The van der Waals surface area contributed by atoms with E-state index in [0.29, 0.717) is 10.7 Å². The second kappa shape index (κ2) is 10.1. The lowest BCUT2D eigenvalue weighted by molar-refractivity contribution is -0.150. The van der Waals surface area contributed by atoms with Crippen LogP contribution in [0.15, 0.2) is 82.6 Å². The Morgan fingerprint density at radius 3 is 2.18 bits per heavy atom. The zero-order valence-corrected chi connectivity index (χ0v) is 19.6. The highest BCUT2D eigenvalue weighted by molar-refractivity contribution is 7.99. The molecule has 0 bridgehead atoms. The number of hydrogen-bond donors (Lipinski definition) is 1. The molecule has 1 atom stereocenters. The van der Waals surface area contributed by atoms with Gasteiger partial charge in [0.1, 0.15) is 6.04 Å². The van der Waals surface area contributed by atoms with Gasteiger partial charge in [-0.2, -0.15) is 0 Å². The first-order chi connectivity index (χ1) is 16.3. The van der Waals surface area contributed by atoms with Crippen LogP contribution >= 0.6 is 23.4 Å². The van der Waals surface area contributed by atoms with Gasteiger partial charge in [-0.05, 0) is 55.5 Å². The van der Waals surface area contributed by atoms with Crippen LogP contribution in [0.5, 0.6) is 0 Å². The first-order valence-electron chi connectivity index (χ1n) is 10.3. The minimum absolute atomic E-state index is 0.236. The molecule has 0 spiro atoms. The first kappa shape index (κ1) is 23.5. The number of hydrogen-bond acceptors (Lipinski definition) is 6. The maximum absolute atomic E-state index is 12.5. The summed E-state index contributed by atoms with van der Waals surface area (Å²) >= 11 is 7.37. The van der Waals surface area contributed by atoms with Crippen molar-refractivity contribution in [3.05, 3.63) is 88.9 Å². The minimum Gasteiger partial charge on any atom is -0.454 e. The molecule has 0 unspecified atom stereocenters. The van der Waals surface area contributed by atoms with Crippen LogP contribution in [0.25, 0.3) is 0 Å². The highest BCUT2D eigenvalue weighted by Crippen LogP contribution is 2.34. The fourth-order valence-electron chi connectivity index (χ4n) is 3.40. The van der Waals surface area contributed by atoms with Crippen molar-refractivity contribution < 1.29 is 23.9 Å². The molecule has 3 aromatic carbocycles. The average molecular weight is 495 g/mol. The number of amides is 3. The first-order valence-corrected chi connectivity index (χ1v) is 11.5. The Kier molecular flexibility index (Phi) is 7.00. The van der Waals surface area contributed by atoms with Crippen LogP contribution in [-0.4, -0.2) is 41.2 Å². The lowest BCUT2D eigenvalue weighted by atomic mass is 10.1. The van der Waals surface area contributed by atoms with E-state index in [0.717, 1.165) is 14.7 Å². The summed E-state index contributed by atoms with van der Waals surface area (Å²) in [6, 6.07) is 19.7. The van der Waals surface area contributed by atoms with E-state index in [2.05, 4.69) is 5.32 Å². The molecule has 1 N–H and O–H groups in total. The van der Waals surface area contributed by atoms with E-state index >= 15 is 0 Å². The van der Waals surface area contributed by atoms with Crippen molar-refractivity contribution in [2.24, 2.45) is 0 Å². The fourth-order valence-corrected chi connectivity index (χ4v) is 4.42. The summed E-state index contributed by atoms with van der Waals surface area (Å²) in [7, 11) is 0. The molecule has 34 heavy (non-hydrogen) atoms. The van der Waals surface area contributed by atoms with E-state index in [-0.39, 0.29) is 11.1 Å². The maximum Gasteiger partial charge on any atom is 0.329 e. The molecule has 9 heteroatoms. The van der Waals surface area contributed by atoms with Crippen molar-refractivity contribution in [3.63, 3.8) is 0 Å². The summed E-state index contributed by atoms with van der Waals surface area (Å²) < 4.78 is 5.10. The molecule has 1 heterocycles. The van der Waals surface area contributed by atoms with Crippen LogP contribution in [0.2, 0.25) is 5.02 Å². The number of nitrogens with one attached hydrogen (secondary N) is 1. The number of carbonyl (C=O) groups excluding carboxylic acids is 4. The monoisotopic (exact) mass is 494 g/mol. The van der Waals surface area contributed by atoms with Gasteiger partial charge in [0.25, 0.3) is 17.7 Å². The Labute approximate surface area is 205 Å². The quantitative estimate of drug-likeness (QED) is 0.379. The van der Waals surface area contributed by atoms with Crippen LogP contribution in [-0.2, 0) is 14.3 Å². The van der Waals surface area contributed by atoms with Gasteiger partial charge in [0, 0.05) is 14.8 Å². The highest BCUT2D eigenvalue weighted by atomic mass is 35.5. The van der Waals surface area contributed by atoms with Crippen molar-refractivity contribution in [1.82, 2.24) is 4.90 Å². The number of benzene rings is 3. The van der Waals surface area contributed by atoms with Crippen molar-refractivity contribution >= 4 is 52.7 Å². The predicted molar refractivity (Wildman–Crippen MR) is 128 cm³/mol. The Bertz CT molecular complexity index is 1240. The number of rotatable bonds is 7. The molecule has 0 aromatic heterocycles. The minimum atomic E-state index is -1.17. The van der Waals surface area contributed by atoms with Gasteiger partial charge >= 0.3 is 5.97 Å². The molecular weight excluding hydrogens is 476 g/mol. The molecule has 4 rings (SSSR count). The van der Waals surface area contributed by atoms with Gasteiger partial charge in [0.05, 0.1) is 16.8 Å². The van der Waals surface area contributed by atoms with Gasteiger partial charge in [-0.15, -0.1) is 0 Å². The lowest BCUT2D eigenvalue weighted by Crippen LogP contribution is -2.44. The molecule has 7 nitrogen and oxygen atoms in total. The molecule has 0 saturated carbocycles. The largest absolute Gasteiger partial charge is 0.454 e. The van der Waals surface area contributed by atoms with Crippen molar-refractivity contribution in [2.75, 3.05) is 11.9 Å². The number of halogens is 1.